The van der Waals surface area contributed by atoms with Gasteiger partial charge in [0.25, 0.3) is 5.91 Å². The number of pyridine rings is 1. The van der Waals surface area contributed by atoms with Crippen LogP contribution >= 0.6 is 0 Å². The first kappa shape index (κ1) is 15.4. The van der Waals surface area contributed by atoms with Crippen LogP contribution in [0.5, 0.6) is 5.75 Å². The summed E-state index contributed by atoms with van der Waals surface area (Å²) in [6, 6.07) is 3.71. The van der Waals surface area contributed by atoms with E-state index in [-0.39, 0.29) is 0 Å². The van der Waals surface area contributed by atoms with Crippen molar-refractivity contribution in [3.8, 4) is 5.75 Å². The Morgan fingerprint density at radius 3 is 2.79 bits per heavy atom. The van der Waals surface area contributed by atoms with E-state index >= 15 is 0 Å². The van der Waals surface area contributed by atoms with Crippen LogP contribution in [0.1, 0.15) is 38.1 Å². The first-order valence-electron chi connectivity index (χ1n) is 6.71. The Bertz CT molecular complexity index is 421. The Morgan fingerprint density at radius 2 is 2.21 bits per heavy atom. The third-order valence-electron chi connectivity index (χ3n) is 2.75. The Morgan fingerprint density at radius 1 is 1.47 bits per heavy atom. The van der Waals surface area contributed by atoms with Crippen molar-refractivity contribution in [2.75, 3.05) is 6.54 Å². The molecule has 5 heteroatoms. The molecule has 0 aliphatic heterocycles. The van der Waals surface area contributed by atoms with E-state index in [4.69, 9.17) is 10.5 Å². The van der Waals surface area contributed by atoms with E-state index < -0.39 is 12.0 Å². The van der Waals surface area contributed by atoms with Crippen molar-refractivity contribution in [2.45, 2.75) is 46.3 Å². The van der Waals surface area contributed by atoms with Crippen molar-refractivity contribution < 1.29 is 9.53 Å². The molecule has 0 aromatic carbocycles. The lowest BCUT2D eigenvalue weighted by Gasteiger charge is -2.17. The molecule has 1 aromatic rings. The number of hydrogen-bond acceptors (Lipinski definition) is 4. The summed E-state index contributed by atoms with van der Waals surface area (Å²) in [5.74, 6) is 0.176. The lowest BCUT2D eigenvalue weighted by Crippen LogP contribution is -2.33. The average Bonchev–Trinajstić information content (AvgIpc) is 2.37. The average molecular weight is 265 g/mol. The van der Waals surface area contributed by atoms with Gasteiger partial charge in [0.15, 0.2) is 6.10 Å². The monoisotopic (exact) mass is 265 g/mol. The van der Waals surface area contributed by atoms with Gasteiger partial charge in [0.2, 0.25) is 0 Å². The maximum absolute atomic E-state index is 11.2. The number of primary amides is 1. The molecule has 0 saturated heterocycles. The van der Waals surface area contributed by atoms with Gasteiger partial charge in [0.1, 0.15) is 5.75 Å². The maximum atomic E-state index is 11.2. The molecule has 106 valence electrons. The quantitative estimate of drug-likeness (QED) is 0.699. The Kier molecular flexibility index (Phi) is 6.29. The van der Waals surface area contributed by atoms with Crippen LogP contribution in [-0.4, -0.2) is 23.5 Å². The minimum Gasteiger partial charge on any atom is -0.479 e. The fraction of sp³-hybridized carbons (Fsp3) is 0.571. The van der Waals surface area contributed by atoms with Gasteiger partial charge in [-0.25, -0.2) is 0 Å². The lowest BCUT2D eigenvalue weighted by molar-refractivity contribution is -0.124. The molecule has 0 aliphatic carbocycles. The van der Waals surface area contributed by atoms with Gasteiger partial charge >= 0.3 is 0 Å². The number of nitrogens with two attached hydrogens (primary N) is 1. The van der Waals surface area contributed by atoms with E-state index in [0.717, 1.165) is 24.4 Å². The fourth-order valence-electron chi connectivity index (χ4n) is 1.71. The van der Waals surface area contributed by atoms with Crippen molar-refractivity contribution in [1.29, 1.82) is 0 Å². The summed E-state index contributed by atoms with van der Waals surface area (Å²) in [7, 11) is 0. The SMILES string of the molecule is CCCNCc1nc(C)ccc1OC(CC)C(N)=O. The summed E-state index contributed by atoms with van der Waals surface area (Å²) >= 11 is 0. The number of aromatic nitrogens is 1. The second-order valence-corrected chi connectivity index (χ2v) is 4.49. The van der Waals surface area contributed by atoms with Gasteiger partial charge in [0, 0.05) is 12.2 Å². The molecule has 3 N–H and O–H groups in total. The van der Waals surface area contributed by atoms with Gasteiger partial charge in [-0.15, -0.1) is 0 Å². The summed E-state index contributed by atoms with van der Waals surface area (Å²) in [5, 5.41) is 3.28. The molecule has 5 nitrogen and oxygen atoms in total. The summed E-state index contributed by atoms with van der Waals surface area (Å²) in [4.78, 5) is 15.7. The van der Waals surface area contributed by atoms with E-state index in [0.29, 0.717) is 18.7 Å². The molecule has 0 saturated carbocycles. The highest BCUT2D eigenvalue weighted by Crippen LogP contribution is 2.19. The number of carbonyl (C=O) groups excluding carboxylic acids is 1. The zero-order valence-electron chi connectivity index (χ0n) is 11.9. The van der Waals surface area contributed by atoms with Gasteiger partial charge in [-0.2, -0.15) is 0 Å². The lowest BCUT2D eigenvalue weighted by atomic mass is 10.2. The van der Waals surface area contributed by atoms with Crippen molar-refractivity contribution in [3.63, 3.8) is 0 Å². The molecule has 1 atom stereocenters. The molecule has 19 heavy (non-hydrogen) atoms. The van der Waals surface area contributed by atoms with E-state index in [2.05, 4.69) is 17.2 Å². The van der Waals surface area contributed by atoms with Crippen molar-refractivity contribution in [1.82, 2.24) is 10.3 Å². The highest BCUT2D eigenvalue weighted by Gasteiger charge is 2.17. The fourth-order valence-corrected chi connectivity index (χ4v) is 1.71. The number of amides is 1. The standard InChI is InChI=1S/C14H23N3O2/c1-4-8-16-9-11-13(7-6-10(3)17-11)19-12(5-2)14(15)18/h6-7,12,16H,4-5,8-9H2,1-3H3,(H2,15,18). The minimum absolute atomic E-state index is 0.449. The van der Waals surface area contributed by atoms with Crippen molar-refractivity contribution >= 4 is 5.91 Å². The van der Waals surface area contributed by atoms with Crippen LogP contribution in [0.2, 0.25) is 0 Å². The highest BCUT2D eigenvalue weighted by molar-refractivity contribution is 5.79. The maximum Gasteiger partial charge on any atom is 0.258 e. The largest absolute Gasteiger partial charge is 0.479 e. The van der Waals surface area contributed by atoms with Gasteiger partial charge in [-0.05, 0) is 38.4 Å². The van der Waals surface area contributed by atoms with E-state index in [1.165, 1.54) is 0 Å². The van der Waals surface area contributed by atoms with Crippen LogP contribution in [0.15, 0.2) is 12.1 Å². The molecular weight excluding hydrogens is 242 g/mol. The third-order valence-corrected chi connectivity index (χ3v) is 2.75. The topological polar surface area (TPSA) is 77.2 Å². The Labute approximate surface area is 114 Å². The van der Waals surface area contributed by atoms with Crippen LogP contribution in [0, 0.1) is 6.92 Å². The molecule has 1 rings (SSSR count). The van der Waals surface area contributed by atoms with Gasteiger partial charge in [-0.3, -0.25) is 9.78 Å². The molecule has 1 heterocycles. The normalized spacial score (nSPS) is 12.2. The predicted molar refractivity (Wildman–Crippen MR) is 74.9 cm³/mol. The molecule has 1 aromatic heterocycles. The summed E-state index contributed by atoms with van der Waals surface area (Å²) in [6.07, 6.45) is 1.00. The predicted octanol–water partition coefficient (Wildman–Crippen LogP) is 1.53. The minimum atomic E-state index is -0.602. The number of nitrogens with one attached hydrogen (secondary N) is 1. The molecule has 0 fully saturated rings. The van der Waals surface area contributed by atoms with Crippen LogP contribution in [0.4, 0.5) is 0 Å². The number of ether oxygens (including phenoxy) is 1. The third kappa shape index (κ3) is 4.87. The number of rotatable bonds is 8. The highest BCUT2D eigenvalue weighted by atomic mass is 16.5. The van der Waals surface area contributed by atoms with Crippen molar-refractivity contribution in [3.05, 3.63) is 23.5 Å². The van der Waals surface area contributed by atoms with E-state index in [1.807, 2.05) is 26.0 Å². The van der Waals surface area contributed by atoms with Crippen LogP contribution in [-0.2, 0) is 11.3 Å². The molecular formula is C14H23N3O2. The second-order valence-electron chi connectivity index (χ2n) is 4.49. The summed E-state index contributed by atoms with van der Waals surface area (Å²) in [6.45, 7) is 7.45. The van der Waals surface area contributed by atoms with E-state index in [1.54, 1.807) is 0 Å². The first-order chi connectivity index (χ1) is 9.08. The zero-order valence-corrected chi connectivity index (χ0v) is 11.9. The van der Waals surface area contributed by atoms with E-state index in [9.17, 15) is 4.79 Å². The molecule has 1 amide bonds. The van der Waals surface area contributed by atoms with Gasteiger partial charge in [0.05, 0.1) is 5.69 Å². The number of hydrogen-bond donors (Lipinski definition) is 2. The Hall–Kier alpha value is -1.62. The Balaban J connectivity index is 2.83. The van der Waals surface area contributed by atoms with Crippen LogP contribution < -0.4 is 15.8 Å². The molecule has 0 spiro atoms. The summed E-state index contributed by atoms with van der Waals surface area (Å²) < 4.78 is 5.66. The van der Waals surface area contributed by atoms with Crippen LogP contribution in [0.25, 0.3) is 0 Å². The van der Waals surface area contributed by atoms with Gasteiger partial charge < -0.3 is 15.8 Å². The van der Waals surface area contributed by atoms with Gasteiger partial charge in [-0.1, -0.05) is 13.8 Å². The zero-order chi connectivity index (χ0) is 14.3. The molecule has 1 unspecified atom stereocenters. The first-order valence-corrected chi connectivity index (χ1v) is 6.71. The molecule has 0 radical (unpaired) electrons. The molecule has 0 bridgehead atoms. The summed E-state index contributed by atoms with van der Waals surface area (Å²) in [5.41, 5.74) is 7.03. The van der Waals surface area contributed by atoms with Crippen molar-refractivity contribution in [2.24, 2.45) is 5.73 Å². The number of carbonyl (C=O) groups is 1. The molecule has 0 aliphatic rings. The smallest absolute Gasteiger partial charge is 0.258 e. The second kappa shape index (κ2) is 7.74. The number of nitrogens with zero attached hydrogens (tertiary/aromatic N) is 1. The van der Waals surface area contributed by atoms with Crippen LogP contribution in [0.3, 0.4) is 0 Å². The number of aryl methyl sites for hydroxylation is 1.